The van der Waals surface area contributed by atoms with E-state index < -0.39 is 17.8 Å². The average molecular weight is 396 g/mol. The number of aryl methyl sites for hydroxylation is 1. The number of likely N-dealkylation sites (tertiary alicyclic amines) is 1. The molecule has 3 fully saturated rings. The Labute approximate surface area is 161 Å². The summed E-state index contributed by atoms with van der Waals surface area (Å²) in [6, 6.07) is 4.59. The molecule has 152 valence electrons. The minimum atomic E-state index is -4.35. The Bertz CT molecular complexity index is 783. The number of hydrogen-bond donors (Lipinski definition) is 1. The topological polar surface area (TPSA) is 58.6 Å². The molecule has 1 aliphatic carbocycles. The number of alkyl carbamates (subject to hydrolysis) is 1. The van der Waals surface area contributed by atoms with Gasteiger partial charge in [0, 0.05) is 19.6 Å². The van der Waals surface area contributed by atoms with Gasteiger partial charge in [-0.3, -0.25) is 4.79 Å². The summed E-state index contributed by atoms with van der Waals surface area (Å²) in [5.41, 5.74) is 0.375. The zero-order chi connectivity index (χ0) is 20.1. The maximum Gasteiger partial charge on any atom is 0.416 e. The van der Waals surface area contributed by atoms with Gasteiger partial charge in [0.25, 0.3) is 0 Å². The lowest BCUT2D eigenvalue weighted by Crippen LogP contribution is -2.43. The van der Waals surface area contributed by atoms with Crippen molar-refractivity contribution in [3.63, 3.8) is 0 Å². The number of piperidine rings is 1. The number of alkyl halides is 3. The Kier molecular flexibility index (Phi) is 4.75. The predicted octanol–water partition coefficient (Wildman–Crippen LogP) is 3.32. The predicted molar refractivity (Wildman–Crippen MR) is 94.6 cm³/mol. The molecule has 1 unspecified atom stereocenters. The van der Waals surface area contributed by atoms with Crippen LogP contribution in [-0.4, -0.2) is 43.1 Å². The van der Waals surface area contributed by atoms with Crippen LogP contribution in [0.5, 0.6) is 0 Å². The van der Waals surface area contributed by atoms with Gasteiger partial charge in [0.05, 0.1) is 18.1 Å². The highest BCUT2D eigenvalue weighted by molar-refractivity contribution is 5.80. The standard InChI is InChI=1S/C20H23F3N2O3/c1-11-4-5-12(7-16(11)20(21,22)23)17-14-9-25(10-15(14)17)18(26)13-3-2-6-28-19(27)24-8-13/h4-5,7,13-15,17H,2-3,6,8-10H2,1H3,(H,24,27)/t13-,14-,15+,17?/m1/s1. The van der Waals surface area contributed by atoms with E-state index in [1.807, 2.05) is 4.90 Å². The molecule has 2 saturated heterocycles. The van der Waals surface area contributed by atoms with Crippen molar-refractivity contribution in [3.8, 4) is 0 Å². The molecule has 2 amide bonds. The third-order valence-electron chi connectivity index (χ3n) is 6.23. The van der Waals surface area contributed by atoms with Gasteiger partial charge in [-0.2, -0.15) is 13.2 Å². The molecule has 0 bridgehead atoms. The van der Waals surface area contributed by atoms with Crippen molar-refractivity contribution in [2.24, 2.45) is 17.8 Å². The van der Waals surface area contributed by atoms with E-state index in [1.54, 1.807) is 6.07 Å². The normalized spacial score (nSPS) is 30.0. The van der Waals surface area contributed by atoms with Crippen LogP contribution in [0.3, 0.4) is 0 Å². The third-order valence-corrected chi connectivity index (χ3v) is 6.23. The highest BCUT2D eigenvalue weighted by Crippen LogP contribution is 2.58. The first-order chi connectivity index (χ1) is 13.3. The number of fused-ring (bicyclic) bond motifs is 1. The summed E-state index contributed by atoms with van der Waals surface area (Å²) >= 11 is 0. The van der Waals surface area contributed by atoms with Crippen LogP contribution in [0.2, 0.25) is 0 Å². The molecule has 28 heavy (non-hydrogen) atoms. The highest BCUT2D eigenvalue weighted by Gasteiger charge is 2.57. The summed E-state index contributed by atoms with van der Waals surface area (Å²) in [6.07, 6.45) is -3.54. The van der Waals surface area contributed by atoms with Crippen LogP contribution in [0.4, 0.5) is 18.0 Å². The number of carbonyl (C=O) groups is 2. The van der Waals surface area contributed by atoms with Gasteiger partial charge in [0.1, 0.15) is 0 Å². The molecule has 5 nitrogen and oxygen atoms in total. The molecule has 2 aliphatic heterocycles. The molecule has 1 aromatic rings. The van der Waals surface area contributed by atoms with Crippen LogP contribution in [0.15, 0.2) is 18.2 Å². The number of amides is 2. The molecular weight excluding hydrogens is 373 g/mol. The maximum atomic E-state index is 13.2. The zero-order valence-electron chi connectivity index (χ0n) is 15.6. The average Bonchev–Trinajstić information content (AvgIpc) is 3.11. The van der Waals surface area contributed by atoms with Crippen LogP contribution in [0, 0.1) is 24.7 Å². The lowest BCUT2D eigenvalue weighted by atomic mass is 9.98. The molecule has 0 spiro atoms. The second kappa shape index (κ2) is 6.97. The van der Waals surface area contributed by atoms with Crippen LogP contribution in [0.25, 0.3) is 0 Å². The fourth-order valence-electron chi connectivity index (χ4n) is 4.68. The van der Waals surface area contributed by atoms with Gasteiger partial charge in [-0.25, -0.2) is 4.79 Å². The lowest BCUT2D eigenvalue weighted by molar-refractivity contribution is -0.138. The largest absolute Gasteiger partial charge is 0.450 e. The molecule has 1 saturated carbocycles. The van der Waals surface area contributed by atoms with Gasteiger partial charge >= 0.3 is 12.3 Å². The van der Waals surface area contributed by atoms with Gasteiger partial charge in [-0.15, -0.1) is 0 Å². The number of ether oxygens (including phenoxy) is 1. The van der Waals surface area contributed by atoms with Crippen molar-refractivity contribution in [2.75, 3.05) is 26.2 Å². The van der Waals surface area contributed by atoms with Gasteiger partial charge in [-0.05, 0) is 54.7 Å². The van der Waals surface area contributed by atoms with Crippen LogP contribution < -0.4 is 5.32 Å². The van der Waals surface area contributed by atoms with Crippen LogP contribution in [-0.2, 0) is 15.7 Å². The van der Waals surface area contributed by atoms with Crippen molar-refractivity contribution in [3.05, 3.63) is 34.9 Å². The third kappa shape index (κ3) is 3.56. The zero-order valence-corrected chi connectivity index (χ0v) is 15.6. The molecule has 4 atom stereocenters. The second-order valence-corrected chi connectivity index (χ2v) is 8.02. The fraction of sp³-hybridized carbons (Fsp3) is 0.600. The number of rotatable bonds is 2. The quantitative estimate of drug-likeness (QED) is 0.834. The van der Waals surface area contributed by atoms with Gasteiger partial charge in [0.2, 0.25) is 5.91 Å². The summed E-state index contributed by atoms with van der Waals surface area (Å²) in [5.74, 6) is 0.294. The SMILES string of the molecule is Cc1ccc(C2[C@H]3CN(C(=O)[C@@H]4CCCOC(=O)NC4)C[C@@H]23)cc1C(F)(F)F. The first kappa shape index (κ1) is 19.1. The molecule has 4 rings (SSSR count). The molecule has 3 aliphatic rings. The van der Waals surface area contributed by atoms with E-state index in [-0.39, 0.29) is 41.7 Å². The minimum absolute atomic E-state index is 0.0213. The number of hydrogen-bond acceptors (Lipinski definition) is 3. The van der Waals surface area contributed by atoms with E-state index in [4.69, 9.17) is 4.74 Å². The number of cyclic esters (lactones) is 1. The Hall–Kier alpha value is -2.25. The van der Waals surface area contributed by atoms with Crippen molar-refractivity contribution >= 4 is 12.0 Å². The smallest absolute Gasteiger partial charge is 0.416 e. The van der Waals surface area contributed by atoms with Crippen molar-refractivity contribution in [2.45, 2.75) is 31.9 Å². The molecule has 8 heteroatoms. The molecular formula is C20H23F3N2O3. The van der Waals surface area contributed by atoms with E-state index in [2.05, 4.69) is 5.32 Å². The van der Waals surface area contributed by atoms with Crippen LogP contribution in [0.1, 0.15) is 35.4 Å². The monoisotopic (exact) mass is 396 g/mol. The van der Waals surface area contributed by atoms with Crippen LogP contribution >= 0.6 is 0 Å². The molecule has 1 N–H and O–H groups in total. The number of benzene rings is 1. The summed E-state index contributed by atoms with van der Waals surface area (Å²) in [4.78, 5) is 26.0. The maximum absolute atomic E-state index is 13.2. The summed E-state index contributed by atoms with van der Waals surface area (Å²) in [5, 5.41) is 2.61. The second-order valence-electron chi connectivity index (χ2n) is 8.02. The first-order valence-corrected chi connectivity index (χ1v) is 9.63. The molecule has 2 heterocycles. The highest BCUT2D eigenvalue weighted by atomic mass is 19.4. The molecule has 1 aromatic carbocycles. The number of halogens is 3. The Morgan fingerprint density at radius 2 is 1.96 bits per heavy atom. The molecule has 0 radical (unpaired) electrons. The van der Waals surface area contributed by atoms with E-state index in [0.29, 0.717) is 32.5 Å². The van der Waals surface area contributed by atoms with E-state index in [0.717, 1.165) is 5.56 Å². The number of carbonyl (C=O) groups excluding carboxylic acids is 2. The van der Waals surface area contributed by atoms with Gasteiger partial charge in [0.15, 0.2) is 0 Å². The number of nitrogens with one attached hydrogen (secondary N) is 1. The minimum Gasteiger partial charge on any atom is -0.450 e. The first-order valence-electron chi connectivity index (χ1n) is 9.63. The van der Waals surface area contributed by atoms with E-state index in [1.165, 1.54) is 19.1 Å². The van der Waals surface area contributed by atoms with E-state index >= 15 is 0 Å². The van der Waals surface area contributed by atoms with Gasteiger partial charge in [-0.1, -0.05) is 12.1 Å². The Balaban J connectivity index is 1.39. The van der Waals surface area contributed by atoms with Crippen molar-refractivity contribution < 1.29 is 27.5 Å². The summed E-state index contributed by atoms with van der Waals surface area (Å²) < 4.78 is 44.4. The lowest BCUT2D eigenvalue weighted by Gasteiger charge is -2.27. The number of nitrogens with zero attached hydrogens (tertiary/aromatic N) is 1. The van der Waals surface area contributed by atoms with E-state index in [9.17, 15) is 22.8 Å². The molecule has 0 aromatic heterocycles. The Morgan fingerprint density at radius 3 is 2.64 bits per heavy atom. The summed E-state index contributed by atoms with van der Waals surface area (Å²) in [7, 11) is 0. The van der Waals surface area contributed by atoms with Crippen molar-refractivity contribution in [1.29, 1.82) is 0 Å². The van der Waals surface area contributed by atoms with Crippen molar-refractivity contribution in [1.82, 2.24) is 10.2 Å². The van der Waals surface area contributed by atoms with Gasteiger partial charge < -0.3 is 15.0 Å². The summed E-state index contributed by atoms with van der Waals surface area (Å²) in [6.45, 7) is 3.19. The fourth-order valence-corrected chi connectivity index (χ4v) is 4.68. The Morgan fingerprint density at radius 1 is 1.25 bits per heavy atom.